The molecule has 1 saturated heterocycles. The molecule has 3 heterocycles. The number of hydroxylamine groups is 2. The van der Waals surface area contributed by atoms with Crippen LogP contribution in [0.5, 0.6) is 0 Å². The Hall–Kier alpha value is -1.71. The van der Waals surface area contributed by atoms with Crippen molar-refractivity contribution in [1.82, 2.24) is 30.3 Å². The summed E-state index contributed by atoms with van der Waals surface area (Å²) in [5.74, 6) is 0. The maximum Gasteiger partial charge on any atom is 1.00 e. The summed E-state index contributed by atoms with van der Waals surface area (Å²) in [6.45, 7) is 5.62. The van der Waals surface area contributed by atoms with Gasteiger partial charge in [0.25, 0.3) is 0 Å². The number of fused-ring (bicyclic) bond motifs is 2. The first-order valence-electron chi connectivity index (χ1n) is 8.24. The van der Waals surface area contributed by atoms with Crippen LogP contribution in [0.1, 0.15) is 26.5 Å². The molecule has 1 unspecified atom stereocenters. The molecule has 13 nitrogen and oxygen atoms in total. The van der Waals surface area contributed by atoms with Crippen LogP contribution < -0.4 is 34.9 Å². The summed E-state index contributed by atoms with van der Waals surface area (Å²) in [6, 6.07) is -1.49. The van der Waals surface area contributed by atoms with Crippen LogP contribution in [-0.4, -0.2) is 74.8 Å². The average molecular weight is 438 g/mol. The molecule has 0 aromatic carbocycles. The largest absolute Gasteiger partial charge is 1.00 e. The van der Waals surface area contributed by atoms with Crippen molar-refractivity contribution in [3.63, 3.8) is 0 Å². The summed E-state index contributed by atoms with van der Waals surface area (Å²) in [4.78, 5) is 25.1. The van der Waals surface area contributed by atoms with Crippen LogP contribution in [0.25, 0.3) is 5.70 Å². The van der Waals surface area contributed by atoms with Crippen LogP contribution in [0.4, 0.5) is 9.59 Å². The van der Waals surface area contributed by atoms with Crippen molar-refractivity contribution >= 4 is 28.2 Å². The smallest absolute Gasteiger partial charge is 0.724 e. The Morgan fingerprint density at radius 3 is 2.72 bits per heavy atom. The Morgan fingerprint density at radius 1 is 1.41 bits per heavy atom. The summed E-state index contributed by atoms with van der Waals surface area (Å²) in [6.07, 6.45) is 2.52. The van der Waals surface area contributed by atoms with E-state index in [1.165, 1.54) is 9.58 Å². The SMILES string of the molecule is CC(C)(C)OC(=O)NCc1cn(C2=CC3CN(C2)C(=O)N3OS(=O)(=O)[O-])nn1.[Na+]. The van der Waals surface area contributed by atoms with Gasteiger partial charge in [0.05, 0.1) is 25.0 Å². The molecule has 1 atom stereocenters. The number of rotatable bonds is 5. The monoisotopic (exact) mass is 438 g/mol. The molecule has 1 aromatic rings. The molecule has 29 heavy (non-hydrogen) atoms. The molecule has 2 aliphatic rings. The first-order valence-corrected chi connectivity index (χ1v) is 9.57. The third kappa shape index (κ3) is 6.13. The van der Waals surface area contributed by atoms with Gasteiger partial charge in [-0.25, -0.2) is 22.7 Å². The predicted molar refractivity (Wildman–Crippen MR) is 90.7 cm³/mol. The minimum absolute atomic E-state index is 0. The molecule has 1 fully saturated rings. The minimum atomic E-state index is -5.07. The Kier molecular flexibility index (Phi) is 6.97. The second kappa shape index (κ2) is 8.57. The van der Waals surface area contributed by atoms with Gasteiger partial charge in [0.1, 0.15) is 17.3 Å². The van der Waals surface area contributed by atoms with Crippen molar-refractivity contribution in [2.24, 2.45) is 0 Å². The first-order chi connectivity index (χ1) is 12.9. The van der Waals surface area contributed by atoms with E-state index in [0.717, 1.165) is 0 Å². The summed E-state index contributed by atoms with van der Waals surface area (Å²) in [5.41, 5.74) is 0.358. The topological polar surface area (TPSA) is 159 Å². The van der Waals surface area contributed by atoms with E-state index in [2.05, 4.69) is 19.9 Å². The van der Waals surface area contributed by atoms with Gasteiger partial charge in [-0.3, -0.25) is 0 Å². The van der Waals surface area contributed by atoms with Gasteiger partial charge in [-0.15, -0.1) is 5.10 Å². The molecule has 154 valence electrons. The molecule has 2 aliphatic heterocycles. The molecule has 0 saturated carbocycles. The molecule has 1 aromatic heterocycles. The van der Waals surface area contributed by atoms with E-state index in [-0.39, 0.29) is 49.2 Å². The number of alkyl carbamates (subject to hydrolysis) is 1. The molecular formula is C14H19N6NaO7S. The van der Waals surface area contributed by atoms with Gasteiger partial charge >= 0.3 is 41.7 Å². The Bertz CT molecular complexity index is 925. The molecule has 0 aliphatic carbocycles. The second-order valence-electron chi connectivity index (χ2n) is 7.21. The first kappa shape index (κ1) is 23.6. The summed E-state index contributed by atoms with van der Waals surface area (Å²) in [7, 11) is -5.07. The van der Waals surface area contributed by atoms with Crippen LogP contribution in [0.3, 0.4) is 0 Å². The van der Waals surface area contributed by atoms with Gasteiger partial charge in [0, 0.05) is 6.54 Å². The van der Waals surface area contributed by atoms with E-state index in [9.17, 15) is 22.6 Å². The summed E-state index contributed by atoms with van der Waals surface area (Å²) in [5, 5.41) is 11.0. The minimum Gasteiger partial charge on any atom is -0.724 e. The number of hydrogen-bond donors (Lipinski definition) is 1. The molecule has 2 bridgehead atoms. The summed E-state index contributed by atoms with van der Waals surface area (Å²) < 4.78 is 43.2. The van der Waals surface area contributed by atoms with Gasteiger partial charge < -0.3 is 19.5 Å². The van der Waals surface area contributed by atoms with Gasteiger partial charge in [-0.05, 0) is 26.8 Å². The van der Waals surface area contributed by atoms with Gasteiger partial charge in [0.2, 0.25) is 10.4 Å². The number of carbonyl (C=O) groups is 2. The fourth-order valence-corrected chi connectivity index (χ4v) is 3.08. The Balaban J connectivity index is 0.00000300. The van der Waals surface area contributed by atoms with Crippen LogP contribution in [-0.2, 0) is 26.0 Å². The van der Waals surface area contributed by atoms with Gasteiger partial charge in [-0.2, -0.15) is 9.35 Å². The maximum atomic E-state index is 12.1. The molecule has 0 spiro atoms. The summed E-state index contributed by atoms with van der Waals surface area (Å²) >= 11 is 0. The standard InChI is InChI=1S/C14H20N6O7S.Na/c1-14(2,3)26-12(21)15-5-9-6-19(17-16-9)10-4-11-8-18(7-10)13(22)20(11)27-28(23,24)25;/h4,6,11H,5,7-8H2,1-3H3,(H,15,21)(H,23,24,25);/q;+1/p-1. The molecule has 3 amide bonds. The zero-order valence-corrected chi connectivity index (χ0v) is 19.2. The number of amides is 3. The van der Waals surface area contributed by atoms with Crippen molar-refractivity contribution in [1.29, 1.82) is 0 Å². The third-order valence-electron chi connectivity index (χ3n) is 3.72. The van der Waals surface area contributed by atoms with Crippen molar-refractivity contribution in [2.45, 2.75) is 39.0 Å². The molecule has 3 rings (SSSR count). The second-order valence-corrected chi connectivity index (χ2v) is 8.17. The number of hydrogen-bond acceptors (Lipinski definition) is 9. The van der Waals surface area contributed by atoms with Gasteiger partial charge in [0.15, 0.2) is 0 Å². The zero-order valence-electron chi connectivity index (χ0n) is 16.4. The average Bonchev–Trinajstić information content (AvgIpc) is 3.10. The number of carbonyl (C=O) groups excluding carboxylic acids is 2. The van der Waals surface area contributed by atoms with Gasteiger partial charge in [-0.1, -0.05) is 5.21 Å². The van der Waals surface area contributed by atoms with E-state index >= 15 is 0 Å². The van der Waals surface area contributed by atoms with Crippen LogP contribution in [0.2, 0.25) is 0 Å². The number of aromatic nitrogens is 3. The molecular weight excluding hydrogens is 419 g/mol. The van der Waals surface area contributed by atoms with E-state index in [1.807, 2.05) is 0 Å². The van der Waals surface area contributed by atoms with Crippen molar-refractivity contribution < 1.29 is 61.1 Å². The van der Waals surface area contributed by atoms with E-state index in [0.29, 0.717) is 16.5 Å². The quantitative estimate of drug-likeness (QED) is 0.282. The zero-order chi connectivity index (χ0) is 20.7. The van der Waals surface area contributed by atoms with Crippen molar-refractivity contribution in [2.75, 3.05) is 13.1 Å². The van der Waals surface area contributed by atoms with Crippen molar-refractivity contribution in [3.05, 3.63) is 18.0 Å². The van der Waals surface area contributed by atoms with E-state index in [1.54, 1.807) is 33.0 Å². The Labute approximate surface area is 189 Å². The number of urea groups is 1. The van der Waals surface area contributed by atoms with Crippen LogP contribution in [0.15, 0.2) is 12.3 Å². The number of nitrogens with one attached hydrogen (secondary N) is 1. The molecule has 1 N–H and O–H groups in total. The number of nitrogens with zero attached hydrogens (tertiary/aromatic N) is 5. The normalized spacial score (nSPS) is 19.0. The maximum absolute atomic E-state index is 12.1. The molecule has 15 heteroatoms. The fraction of sp³-hybridized carbons (Fsp3) is 0.571. The van der Waals surface area contributed by atoms with Crippen LogP contribution >= 0.6 is 0 Å². The Morgan fingerprint density at radius 2 is 2.10 bits per heavy atom. The van der Waals surface area contributed by atoms with Crippen LogP contribution in [0, 0.1) is 0 Å². The number of ether oxygens (including phenoxy) is 1. The predicted octanol–water partition coefficient (Wildman–Crippen LogP) is -3.34. The molecule has 0 radical (unpaired) electrons. The fourth-order valence-electron chi connectivity index (χ4n) is 2.71. The van der Waals surface area contributed by atoms with E-state index < -0.39 is 34.2 Å². The van der Waals surface area contributed by atoms with Crippen molar-refractivity contribution in [3.8, 4) is 0 Å². The third-order valence-corrected chi connectivity index (χ3v) is 4.07. The van der Waals surface area contributed by atoms with E-state index in [4.69, 9.17) is 4.74 Å².